The van der Waals surface area contributed by atoms with Crippen LogP contribution < -0.4 is 20.2 Å². The number of ether oxygens (including phenoxy) is 2. The van der Waals surface area contributed by atoms with Gasteiger partial charge < -0.3 is 14.8 Å². The number of rotatable bonds is 7. The highest BCUT2D eigenvalue weighted by molar-refractivity contribution is 6.01. The van der Waals surface area contributed by atoms with E-state index in [0.29, 0.717) is 17.2 Å². The van der Waals surface area contributed by atoms with Gasteiger partial charge in [-0.25, -0.2) is 5.43 Å². The van der Waals surface area contributed by atoms with Crippen LogP contribution in [0.5, 0.6) is 11.5 Å². The predicted octanol–water partition coefficient (Wildman–Crippen LogP) is 3.81. The lowest BCUT2D eigenvalue weighted by atomic mass is 10.1. The molecule has 0 bridgehead atoms. The van der Waals surface area contributed by atoms with Crippen molar-refractivity contribution < 1.29 is 14.3 Å². The maximum atomic E-state index is 12.1. The molecule has 0 fully saturated rings. The molecule has 144 valence electrons. The summed E-state index contributed by atoms with van der Waals surface area (Å²) in [6.07, 6.45) is 0. The molecule has 6 heteroatoms. The normalized spacial score (nSPS) is 11.2. The molecule has 6 nitrogen and oxygen atoms in total. The monoisotopic (exact) mass is 377 g/mol. The molecule has 3 rings (SSSR count). The molecule has 0 aromatic heterocycles. The first kappa shape index (κ1) is 19.2. The fourth-order valence-corrected chi connectivity index (χ4v) is 2.82. The number of anilines is 1. The zero-order valence-electron chi connectivity index (χ0n) is 16.2. The van der Waals surface area contributed by atoms with Crippen molar-refractivity contribution >= 4 is 28.1 Å². The van der Waals surface area contributed by atoms with Gasteiger partial charge in [-0.15, -0.1) is 0 Å². The third-order valence-corrected chi connectivity index (χ3v) is 4.35. The van der Waals surface area contributed by atoms with Gasteiger partial charge in [0.25, 0.3) is 5.91 Å². The maximum absolute atomic E-state index is 12.1. The lowest BCUT2D eigenvalue weighted by molar-refractivity contribution is -0.119. The number of carbonyl (C=O) groups excluding carboxylic acids is 1. The number of hydrogen-bond acceptors (Lipinski definition) is 5. The summed E-state index contributed by atoms with van der Waals surface area (Å²) >= 11 is 0. The van der Waals surface area contributed by atoms with Crippen molar-refractivity contribution in [2.45, 2.75) is 6.92 Å². The van der Waals surface area contributed by atoms with E-state index in [1.54, 1.807) is 27.2 Å². The molecular weight excluding hydrogens is 354 g/mol. The molecule has 1 amide bonds. The smallest absolute Gasteiger partial charge is 0.259 e. The molecule has 0 aliphatic rings. The van der Waals surface area contributed by atoms with Gasteiger partial charge in [-0.05, 0) is 42.0 Å². The van der Waals surface area contributed by atoms with Gasteiger partial charge in [0, 0.05) is 17.3 Å². The van der Waals surface area contributed by atoms with E-state index in [1.165, 1.54) is 0 Å². The summed E-state index contributed by atoms with van der Waals surface area (Å²) in [5.41, 5.74) is 4.87. The molecule has 0 heterocycles. The van der Waals surface area contributed by atoms with Crippen molar-refractivity contribution in [3.8, 4) is 11.5 Å². The number of nitrogens with zero attached hydrogens (tertiary/aromatic N) is 1. The van der Waals surface area contributed by atoms with Gasteiger partial charge in [-0.3, -0.25) is 4.79 Å². The Bertz CT molecular complexity index is 1010. The largest absolute Gasteiger partial charge is 0.497 e. The molecule has 0 aliphatic heterocycles. The van der Waals surface area contributed by atoms with Crippen molar-refractivity contribution in [2.24, 2.45) is 5.10 Å². The Labute approximate surface area is 164 Å². The van der Waals surface area contributed by atoms with Gasteiger partial charge >= 0.3 is 0 Å². The number of nitrogens with one attached hydrogen (secondary N) is 2. The van der Waals surface area contributed by atoms with Gasteiger partial charge in [-0.2, -0.15) is 5.10 Å². The number of amides is 1. The maximum Gasteiger partial charge on any atom is 0.259 e. The molecule has 0 aliphatic carbocycles. The lowest BCUT2D eigenvalue weighted by Crippen LogP contribution is -2.26. The van der Waals surface area contributed by atoms with E-state index in [0.717, 1.165) is 22.0 Å². The summed E-state index contributed by atoms with van der Waals surface area (Å²) in [5, 5.41) is 9.57. The van der Waals surface area contributed by atoms with Crippen molar-refractivity contribution in [1.82, 2.24) is 5.43 Å². The minimum atomic E-state index is -0.236. The van der Waals surface area contributed by atoms with Crippen molar-refractivity contribution in [2.75, 3.05) is 26.1 Å². The third kappa shape index (κ3) is 4.59. The Kier molecular flexibility index (Phi) is 6.11. The molecule has 0 radical (unpaired) electrons. The standard InChI is InChI=1S/C22H23N3O3/c1-15(20-11-10-19(27-2)13-21(20)28-3)24-25-22(26)14-23-18-9-8-16-6-4-5-7-17(16)12-18/h4-13,23H,14H2,1-3H3,(H,25,26). The number of benzene rings is 3. The van der Waals surface area contributed by atoms with Gasteiger partial charge in [0.2, 0.25) is 0 Å². The second-order valence-electron chi connectivity index (χ2n) is 6.21. The summed E-state index contributed by atoms with van der Waals surface area (Å²) < 4.78 is 10.6. The average Bonchev–Trinajstić information content (AvgIpc) is 2.75. The van der Waals surface area contributed by atoms with E-state index < -0.39 is 0 Å². The minimum absolute atomic E-state index is 0.120. The molecule has 0 atom stereocenters. The van der Waals surface area contributed by atoms with Crippen LogP contribution in [0.3, 0.4) is 0 Å². The number of hydrazone groups is 1. The van der Waals surface area contributed by atoms with Crippen LogP contribution in [-0.4, -0.2) is 32.4 Å². The summed E-state index contributed by atoms with van der Waals surface area (Å²) in [5.74, 6) is 1.08. The summed E-state index contributed by atoms with van der Waals surface area (Å²) in [7, 11) is 3.18. The first-order chi connectivity index (χ1) is 13.6. The Balaban J connectivity index is 1.61. The lowest BCUT2D eigenvalue weighted by Gasteiger charge is -2.10. The molecule has 0 unspecified atom stereocenters. The van der Waals surface area contributed by atoms with E-state index in [4.69, 9.17) is 9.47 Å². The highest BCUT2D eigenvalue weighted by Gasteiger charge is 2.09. The minimum Gasteiger partial charge on any atom is -0.497 e. The molecule has 0 spiro atoms. The van der Waals surface area contributed by atoms with Crippen molar-refractivity contribution in [3.63, 3.8) is 0 Å². The van der Waals surface area contributed by atoms with Crippen LogP contribution >= 0.6 is 0 Å². The van der Waals surface area contributed by atoms with E-state index in [-0.39, 0.29) is 12.5 Å². The number of carbonyl (C=O) groups is 1. The van der Waals surface area contributed by atoms with Crippen molar-refractivity contribution in [3.05, 3.63) is 66.2 Å². The first-order valence-corrected chi connectivity index (χ1v) is 8.89. The summed E-state index contributed by atoms with van der Waals surface area (Å²) in [6, 6.07) is 19.5. The van der Waals surface area contributed by atoms with Crippen LogP contribution in [0.15, 0.2) is 65.8 Å². The van der Waals surface area contributed by atoms with Crippen molar-refractivity contribution in [1.29, 1.82) is 0 Å². The second-order valence-corrected chi connectivity index (χ2v) is 6.21. The second kappa shape index (κ2) is 8.90. The fraction of sp³-hybridized carbons (Fsp3) is 0.182. The van der Waals surface area contributed by atoms with Crippen LogP contribution in [0.25, 0.3) is 10.8 Å². The fourth-order valence-electron chi connectivity index (χ4n) is 2.82. The van der Waals surface area contributed by atoms with Gasteiger partial charge in [0.1, 0.15) is 11.5 Å². The molecule has 0 saturated carbocycles. The van der Waals surface area contributed by atoms with E-state index in [2.05, 4.69) is 21.9 Å². The topological polar surface area (TPSA) is 72.0 Å². The zero-order chi connectivity index (χ0) is 19.9. The number of methoxy groups -OCH3 is 2. The van der Waals surface area contributed by atoms with Crippen LogP contribution in [0, 0.1) is 0 Å². The quantitative estimate of drug-likeness (QED) is 0.485. The van der Waals surface area contributed by atoms with Crippen LogP contribution in [-0.2, 0) is 4.79 Å². The number of fused-ring (bicyclic) bond motifs is 1. The highest BCUT2D eigenvalue weighted by Crippen LogP contribution is 2.25. The SMILES string of the molecule is COc1ccc(C(C)=NNC(=O)CNc2ccc3ccccc3c2)c(OC)c1. The molecule has 3 aromatic rings. The summed E-state index contributed by atoms with van der Waals surface area (Å²) in [6.45, 7) is 1.93. The first-order valence-electron chi connectivity index (χ1n) is 8.89. The Morgan fingerprint density at radius 1 is 0.964 bits per heavy atom. The zero-order valence-corrected chi connectivity index (χ0v) is 16.2. The molecule has 3 aromatic carbocycles. The molecular formula is C22H23N3O3. The van der Waals surface area contributed by atoms with Crippen LogP contribution in [0.1, 0.15) is 12.5 Å². The average molecular weight is 377 g/mol. The Hall–Kier alpha value is -3.54. The Morgan fingerprint density at radius 2 is 1.75 bits per heavy atom. The molecule has 0 saturated heterocycles. The highest BCUT2D eigenvalue weighted by atomic mass is 16.5. The summed E-state index contributed by atoms with van der Waals surface area (Å²) in [4.78, 5) is 12.1. The van der Waals surface area contributed by atoms with E-state index in [9.17, 15) is 4.79 Å². The number of hydrogen-bond donors (Lipinski definition) is 2. The molecule has 28 heavy (non-hydrogen) atoms. The molecule has 2 N–H and O–H groups in total. The van der Waals surface area contributed by atoms with Gasteiger partial charge in [0.05, 0.1) is 26.5 Å². The van der Waals surface area contributed by atoms with Crippen LogP contribution in [0.2, 0.25) is 0 Å². The van der Waals surface area contributed by atoms with Gasteiger partial charge in [0.15, 0.2) is 0 Å². The third-order valence-electron chi connectivity index (χ3n) is 4.35. The van der Waals surface area contributed by atoms with Gasteiger partial charge in [-0.1, -0.05) is 30.3 Å². The van der Waals surface area contributed by atoms with E-state index in [1.807, 2.05) is 48.5 Å². The Morgan fingerprint density at radius 3 is 2.50 bits per heavy atom. The van der Waals surface area contributed by atoms with Crippen LogP contribution in [0.4, 0.5) is 5.69 Å². The predicted molar refractivity (Wildman–Crippen MR) is 112 cm³/mol. The van der Waals surface area contributed by atoms with E-state index >= 15 is 0 Å².